The third-order valence-electron chi connectivity index (χ3n) is 2.82. The molecule has 1 aromatic rings. The first-order valence-electron chi connectivity index (χ1n) is 5.75. The number of rotatable bonds is 4. The predicted molar refractivity (Wildman–Crippen MR) is 70.4 cm³/mol. The summed E-state index contributed by atoms with van der Waals surface area (Å²) in [6, 6.07) is 8.08. The van der Waals surface area contributed by atoms with Crippen LogP contribution in [0.25, 0.3) is 0 Å². The maximum absolute atomic E-state index is 12.4. The van der Waals surface area contributed by atoms with Crippen molar-refractivity contribution >= 4 is 10.0 Å². The molecule has 0 aliphatic heterocycles. The maximum Gasteiger partial charge on any atom is 0.244 e. The van der Waals surface area contributed by atoms with Crippen molar-refractivity contribution in [2.45, 2.75) is 31.7 Å². The van der Waals surface area contributed by atoms with E-state index in [0.29, 0.717) is 0 Å². The molecule has 0 bridgehead atoms. The molecular weight excluding hydrogens is 248 g/mol. The smallest absolute Gasteiger partial charge is 0.207 e. The Hall–Kier alpha value is -1.38. The normalized spacial score (nSPS) is 13.6. The summed E-state index contributed by atoms with van der Waals surface area (Å²) < 4.78 is 25.9. The molecule has 0 aliphatic carbocycles. The molecule has 0 spiro atoms. The van der Waals surface area contributed by atoms with Crippen LogP contribution in [0.2, 0.25) is 0 Å². The van der Waals surface area contributed by atoms with Gasteiger partial charge in [-0.15, -0.1) is 0 Å². The van der Waals surface area contributed by atoms with Crippen LogP contribution in [-0.4, -0.2) is 25.8 Å². The van der Waals surface area contributed by atoms with E-state index in [0.717, 1.165) is 9.87 Å². The Balaban J connectivity index is 3.19. The molecule has 0 heterocycles. The van der Waals surface area contributed by atoms with Gasteiger partial charge in [-0.2, -0.15) is 9.57 Å². The van der Waals surface area contributed by atoms with E-state index in [-0.39, 0.29) is 10.8 Å². The molecule has 0 saturated heterocycles. The largest absolute Gasteiger partial charge is 0.244 e. The Labute approximate surface area is 109 Å². The summed E-state index contributed by atoms with van der Waals surface area (Å²) in [5.41, 5.74) is 0.877. The molecule has 1 unspecified atom stereocenters. The van der Waals surface area contributed by atoms with Gasteiger partial charge in [0.15, 0.2) is 0 Å². The minimum Gasteiger partial charge on any atom is -0.207 e. The Morgan fingerprint density at radius 3 is 2.39 bits per heavy atom. The summed E-state index contributed by atoms with van der Waals surface area (Å²) in [7, 11) is -2.16. The molecule has 1 aromatic carbocycles. The van der Waals surface area contributed by atoms with E-state index in [1.54, 1.807) is 18.2 Å². The van der Waals surface area contributed by atoms with Crippen LogP contribution < -0.4 is 0 Å². The molecule has 5 heteroatoms. The SMILES string of the molecule is Cc1cccc(S(=O)(=O)N(C)C(C#N)C(C)C)c1. The quantitative estimate of drug-likeness (QED) is 0.839. The van der Waals surface area contributed by atoms with Gasteiger partial charge in [-0.1, -0.05) is 26.0 Å². The highest BCUT2D eigenvalue weighted by Gasteiger charge is 2.29. The van der Waals surface area contributed by atoms with Crippen LogP contribution in [0.3, 0.4) is 0 Å². The van der Waals surface area contributed by atoms with E-state index in [4.69, 9.17) is 5.26 Å². The van der Waals surface area contributed by atoms with Crippen molar-refractivity contribution in [3.63, 3.8) is 0 Å². The summed E-state index contributed by atoms with van der Waals surface area (Å²) >= 11 is 0. The fraction of sp³-hybridized carbons (Fsp3) is 0.462. The molecule has 98 valence electrons. The third-order valence-corrected chi connectivity index (χ3v) is 4.66. The maximum atomic E-state index is 12.4. The lowest BCUT2D eigenvalue weighted by molar-refractivity contribution is 0.353. The Morgan fingerprint density at radius 1 is 1.33 bits per heavy atom. The molecule has 1 atom stereocenters. The summed E-state index contributed by atoms with van der Waals surface area (Å²) in [5, 5.41) is 9.08. The molecule has 0 amide bonds. The Bertz CT molecular complexity index is 559. The van der Waals surface area contributed by atoms with Crippen molar-refractivity contribution < 1.29 is 8.42 Å². The molecule has 0 N–H and O–H groups in total. The van der Waals surface area contributed by atoms with Gasteiger partial charge >= 0.3 is 0 Å². The van der Waals surface area contributed by atoms with E-state index >= 15 is 0 Å². The van der Waals surface area contributed by atoms with Gasteiger partial charge < -0.3 is 0 Å². The first-order chi connectivity index (χ1) is 8.30. The number of nitriles is 1. The van der Waals surface area contributed by atoms with E-state index < -0.39 is 16.1 Å². The van der Waals surface area contributed by atoms with Crippen LogP contribution in [0.5, 0.6) is 0 Å². The zero-order valence-corrected chi connectivity index (χ0v) is 11.9. The van der Waals surface area contributed by atoms with Crippen LogP contribution in [-0.2, 0) is 10.0 Å². The second-order valence-electron chi connectivity index (χ2n) is 4.66. The second kappa shape index (κ2) is 5.51. The average Bonchev–Trinajstić information content (AvgIpc) is 2.29. The molecule has 0 aromatic heterocycles. The van der Waals surface area contributed by atoms with Gasteiger partial charge in [-0.25, -0.2) is 8.42 Å². The Kier molecular flexibility index (Phi) is 4.49. The van der Waals surface area contributed by atoms with E-state index in [2.05, 4.69) is 0 Å². The molecule has 0 fully saturated rings. The van der Waals surface area contributed by atoms with Gasteiger partial charge in [0.2, 0.25) is 10.0 Å². The highest BCUT2D eigenvalue weighted by Crippen LogP contribution is 2.20. The van der Waals surface area contributed by atoms with Gasteiger partial charge in [-0.3, -0.25) is 0 Å². The lowest BCUT2D eigenvalue weighted by atomic mass is 10.1. The van der Waals surface area contributed by atoms with E-state index in [1.807, 2.05) is 32.9 Å². The van der Waals surface area contributed by atoms with Gasteiger partial charge in [-0.05, 0) is 30.5 Å². The van der Waals surface area contributed by atoms with Gasteiger partial charge in [0.05, 0.1) is 11.0 Å². The number of aryl methyl sites for hydroxylation is 1. The monoisotopic (exact) mass is 266 g/mol. The zero-order chi connectivity index (χ0) is 13.9. The molecule has 1 rings (SSSR count). The van der Waals surface area contributed by atoms with Crippen LogP contribution >= 0.6 is 0 Å². The predicted octanol–water partition coefficient (Wildman–Crippen LogP) is 2.16. The number of nitrogens with zero attached hydrogens (tertiary/aromatic N) is 2. The van der Waals surface area contributed by atoms with Crippen molar-refractivity contribution in [1.82, 2.24) is 4.31 Å². The van der Waals surface area contributed by atoms with E-state index in [1.165, 1.54) is 7.05 Å². The van der Waals surface area contributed by atoms with Crippen molar-refractivity contribution in [3.05, 3.63) is 29.8 Å². The number of benzene rings is 1. The summed E-state index contributed by atoms with van der Waals surface area (Å²) in [6.45, 7) is 5.50. The van der Waals surface area contributed by atoms with E-state index in [9.17, 15) is 8.42 Å². The topological polar surface area (TPSA) is 61.2 Å². The van der Waals surface area contributed by atoms with Crippen LogP contribution in [0, 0.1) is 24.2 Å². The summed E-state index contributed by atoms with van der Waals surface area (Å²) in [5.74, 6) is -0.0559. The second-order valence-corrected chi connectivity index (χ2v) is 6.65. The lowest BCUT2D eigenvalue weighted by Crippen LogP contribution is -2.39. The minimum absolute atomic E-state index is 0.0559. The minimum atomic E-state index is -3.61. The zero-order valence-electron chi connectivity index (χ0n) is 11.1. The fourth-order valence-electron chi connectivity index (χ4n) is 1.74. The highest BCUT2D eigenvalue weighted by molar-refractivity contribution is 7.89. The molecule has 18 heavy (non-hydrogen) atoms. The van der Waals surface area contributed by atoms with Crippen molar-refractivity contribution in [1.29, 1.82) is 5.26 Å². The summed E-state index contributed by atoms with van der Waals surface area (Å²) in [4.78, 5) is 0.228. The number of hydrogen-bond acceptors (Lipinski definition) is 3. The molecule has 0 aliphatic rings. The highest BCUT2D eigenvalue weighted by atomic mass is 32.2. The number of hydrogen-bond donors (Lipinski definition) is 0. The van der Waals surface area contributed by atoms with Crippen molar-refractivity contribution in [2.24, 2.45) is 5.92 Å². The van der Waals surface area contributed by atoms with Crippen LogP contribution in [0.1, 0.15) is 19.4 Å². The van der Waals surface area contributed by atoms with Crippen molar-refractivity contribution in [2.75, 3.05) is 7.05 Å². The fourth-order valence-corrected chi connectivity index (χ4v) is 3.25. The van der Waals surface area contributed by atoms with Gasteiger partial charge in [0.1, 0.15) is 6.04 Å². The summed E-state index contributed by atoms with van der Waals surface area (Å²) in [6.07, 6.45) is 0. The van der Waals surface area contributed by atoms with Crippen LogP contribution in [0.4, 0.5) is 0 Å². The lowest BCUT2D eigenvalue weighted by Gasteiger charge is -2.24. The van der Waals surface area contributed by atoms with Crippen molar-refractivity contribution in [3.8, 4) is 6.07 Å². The van der Waals surface area contributed by atoms with Gasteiger partial charge in [0.25, 0.3) is 0 Å². The Morgan fingerprint density at radius 2 is 1.94 bits per heavy atom. The van der Waals surface area contributed by atoms with Crippen LogP contribution in [0.15, 0.2) is 29.2 Å². The molecule has 0 radical (unpaired) electrons. The molecular formula is C13H18N2O2S. The average molecular weight is 266 g/mol. The first-order valence-corrected chi connectivity index (χ1v) is 7.19. The number of sulfonamides is 1. The van der Waals surface area contributed by atoms with Gasteiger partial charge in [0, 0.05) is 7.05 Å². The molecule has 4 nitrogen and oxygen atoms in total. The standard InChI is InChI=1S/C13H18N2O2S/c1-10(2)13(9-14)15(4)18(16,17)12-7-5-6-11(3)8-12/h5-8,10,13H,1-4H3. The molecule has 0 saturated carbocycles. The first kappa shape index (κ1) is 14.7. The third kappa shape index (κ3) is 2.89.